The quantitative estimate of drug-likeness (QED) is 0.678. The zero-order valence-electron chi connectivity index (χ0n) is 10.5. The molecular formula is C14H11BrO4S. The van der Waals surface area contributed by atoms with Gasteiger partial charge in [0, 0.05) is 15.6 Å². The van der Waals surface area contributed by atoms with Crippen LogP contribution in [0.25, 0.3) is 0 Å². The first-order chi connectivity index (χ1) is 9.29. The fourth-order valence-corrected chi connectivity index (χ4v) is 2.64. The predicted molar refractivity (Wildman–Crippen MR) is 78.6 cm³/mol. The first-order valence-electron chi connectivity index (χ1n) is 5.67. The van der Waals surface area contributed by atoms with E-state index >= 15 is 0 Å². The number of carbonyl (C=O) groups is 1. The highest BCUT2D eigenvalue weighted by Gasteiger charge is 2.15. The highest BCUT2D eigenvalue weighted by molar-refractivity contribution is 9.10. The highest BCUT2D eigenvalue weighted by atomic mass is 79.9. The molecule has 0 aromatic heterocycles. The molecule has 0 unspecified atom stereocenters. The lowest BCUT2D eigenvalue weighted by Gasteiger charge is -2.07. The SMILES string of the molecule is Cc1cc(S(=O)(=O)O)ccc1C(=O)c1ccc(Br)cc1. The molecule has 0 amide bonds. The zero-order valence-corrected chi connectivity index (χ0v) is 12.9. The average molecular weight is 355 g/mol. The Morgan fingerprint density at radius 1 is 1.10 bits per heavy atom. The van der Waals surface area contributed by atoms with E-state index in [-0.39, 0.29) is 10.7 Å². The monoisotopic (exact) mass is 354 g/mol. The summed E-state index contributed by atoms with van der Waals surface area (Å²) in [5.74, 6) is -0.197. The lowest BCUT2D eigenvalue weighted by Crippen LogP contribution is -2.06. The topological polar surface area (TPSA) is 71.4 Å². The summed E-state index contributed by atoms with van der Waals surface area (Å²) in [6, 6.07) is 10.8. The minimum Gasteiger partial charge on any atom is -0.289 e. The summed E-state index contributed by atoms with van der Waals surface area (Å²) < 4.78 is 31.9. The molecule has 0 aliphatic rings. The second-order valence-corrected chi connectivity index (χ2v) is 6.63. The molecule has 0 heterocycles. The minimum absolute atomic E-state index is 0.197. The van der Waals surface area contributed by atoms with Crippen LogP contribution in [-0.2, 0) is 10.1 Å². The Hall–Kier alpha value is -1.50. The Kier molecular flexibility index (Phi) is 4.08. The minimum atomic E-state index is -4.26. The van der Waals surface area contributed by atoms with Crippen molar-refractivity contribution >= 4 is 31.8 Å². The van der Waals surface area contributed by atoms with E-state index in [1.165, 1.54) is 18.2 Å². The Morgan fingerprint density at radius 2 is 1.70 bits per heavy atom. The van der Waals surface area contributed by atoms with Gasteiger partial charge in [-0.15, -0.1) is 0 Å². The van der Waals surface area contributed by atoms with Gasteiger partial charge in [-0.3, -0.25) is 9.35 Å². The molecule has 0 spiro atoms. The summed E-state index contributed by atoms with van der Waals surface area (Å²) in [5.41, 5.74) is 1.41. The first kappa shape index (κ1) is 14.9. The molecule has 4 nitrogen and oxygen atoms in total. The van der Waals surface area contributed by atoms with Gasteiger partial charge in [0.2, 0.25) is 0 Å². The third kappa shape index (κ3) is 3.15. The molecule has 20 heavy (non-hydrogen) atoms. The number of ketones is 1. The fraction of sp³-hybridized carbons (Fsp3) is 0.0714. The van der Waals surface area contributed by atoms with E-state index in [4.69, 9.17) is 4.55 Å². The molecule has 0 saturated carbocycles. The van der Waals surface area contributed by atoms with Gasteiger partial charge in [-0.25, -0.2) is 0 Å². The Morgan fingerprint density at radius 3 is 2.20 bits per heavy atom. The van der Waals surface area contributed by atoms with Gasteiger partial charge >= 0.3 is 0 Å². The van der Waals surface area contributed by atoms with Crippen molar-refractivity contribution < 1.29 is 17.8 Å². The number of halogens is 1. The molecule has 0 saturated heterocycles. The van der Waals surface area contributed by atoms with Crippen molar-refractivity contribution in [2.45, 2.75) is 11.8 Å². The third-order valence-corrected chi connectivity index (χ3v) is 4.23. The van der Waals surface area contributed by atoms with Crippen molar-refractivity contribution in [3.05, 3.63) is 63.6 Å². The van der Waals surface area contributed by atoms with Crippen LogP contribution < -0.4 is 0 Å². The predicted octanol–water partition coefficient (Wildman–Crippen LogP) is 3.24. The van der Waals surface area contributed by atoms with Crippen molar-refractivity contribution in [1.82, 2.24) is 0 Å². The number of hydrogen-bond acceptors (Lipinski definition) is 3. The number of aryl methyl sites for hydroxylation is 1. The Bertz CT molecular complexity index is 764. The van der Waals surface area contributed by atoms with E-state index in [2.05, 4.69) is 15.9 Å². The van der Waals surface area contributed by atoms with E-state index in [0.717, 1.165) is 4.47 Å². The van der Waals surface area contributed by atoms with Gasteiger partial charge in [0.15, 0.2) is 5.78 Å². The van der Waals surface area contributed by atoms with E-state index < -0.39 is 10.1 Å². The average Bonchev–Trinajstić information content (AvgIpc) is 2.37. The van der Waals surface area contributed by atoms with Crippen LogP contribution in [0, 0.1) is 6.92 Å². The summed E-state index contributed by atoms with van der Waals surface area (Å²) in [7, 11) is -4.26. The maximum absolute atomic E-state index is 12.3. The molecule has 2 rings (SSSR count). The molecule has 0 fully saturated rings. The lowest BCUT2D eigenvalue weighted by atomic mass is 9.99. The van der Waals surface area contributed by atoms with Gasteiger partial charge in [-0.2, -0.15) is 8.42 Å². The van der Waals surface area contributed by atoms with Crippen LogP contribution in [-0.4, -0.2) is 18.8 Å². The smallest absolute Gasteiger partial charge is 0.289 e. The van der Waals surface area contributed by atoms with Gasteiger partial charge in [-0.1, -0.05) is 15.9 Å². The number of rotatable bonds is 3. The molecule has 0 radical (unpaired) electrons. The standard InChI is InChI=1S/C14H11BrO4S/c1-9-8-12(20(17,18)19)6-7-13(9)14(16)10-2-4-11(15)5-3-10/h2-8H,1H3,(H,17,18,19). The molecule has 0 atom stereocenters. The molecule has 2 aromatic carbocycles. The van der Waals surface area contributed by atoms with Crippen LogP contribution in [0.15, 0.2) is 51.8 Å². The van der Waals surface area contributed by atoms with Crippen molar-refractivity contribution in [1.29, 1.82) is 0 Å². The highest BCUT2D eigenvalue weighted by Crippen LogP contribution is 2.19. The van der Waals surface area contributed by atoms with Gasteiger partial charge in [0.1, 0.15) is 0 Å². The molecule has 6 heteroatoms. The van der Waals surface area contributed by atoms with Crippen LogP contribution in [0.2, 0.25) is 0 Å². The molecule has 0 aliphatic heterocycles. The second-order valence-electron chi connectivity index (χ2n) is 4.29. The zero-order chi connectivity index (χ0) is 14.9. The summed E-state index contributed by atoms with van der Waals surface area (Å²) in [4.78, 5) is 12.1. The Labute approximate surface area is 125 Å². The van der Waals surface area contributed by atoms with Gasteiger partial charge in [0.25, 0.3) is 10.1 Å². The van der Waals surface area contributed by atoms with Gasteiger partial charge in [0.05, 0.1) is 4.90 Å². The number of carbonyl (C=O) groups excluding carboxylic acids is 1. The largest absolute Gasteiger partial charge is 0.294 e. The number of hydrogen-bond donors (Lipinski definition) is 1. The molecule has 2 aromatic rings. The molecular weight excluding hydrogens is 344 g/mol. The van der Waals surface area contributed by atoms with E-state index in [1.807, 2.05) is 0 Å². The second kappa shape index (κ2) is 5.47. The van der Waals surface area contributed by atoms with Crippen LogP contribution in [0.4, 0.5) is 0 Å². The summed E-state index contributed by atoms with van der Waals surface area (Å²) in [6.45, 7) is 1.63. The summed E-state index contributed by atoms with van der Waals surface area (Å²) >= 11 is 3.29. The van der Waals surface area contributed by atoms with E-state index in [0.29, 0.717) is 16.7 Å². The summed E-state index contributed by atoms with van der Waals surface area (Å²) in [6.07, 6.45) is 0. The van der Waals surface area contributed by atoms with E-state index in [9.17, 15) is 13.2 Å². The van der Waals surface area contributed by atoms with Crippen LogP contribution in [0.3, 0.4) is 0 Å². The van der Waals surface area contributed by atoms with Crippen LogP contribution in [0.1, 0.15) is 21.5 Å². The normalized spacial score (nSPS) is 11.3. The molecule has 0 bridgehead atoms. The van der Waals surface area contributed by atoms with Crippen molar-refractivity contribution in [3.63, 3.8) is 0 Å². The number of benzene rings is 2. The lowest BCUT2D eigenvalue weighted by molar-refractivity contribution is 0.103. The Balaban J connectivity index is 2.43. The summed E-state index contributed by atoms with van der Waals surface area (Å²) in [5, 5.41) is 0. The van der Waals surface area contributed by atoms with Crippen LogP contribution in [0.5, 0.6) is 0 Å². The van der Waals surface area contributed by atoms with E-state index in [1.54, 1.807) is 31.2 Å². The van der Waals surface area contributed by atoms with Gasteiger partial charge < -0.3 is 0 Å². The maximum Gasteiger partial charge on any atom is 0.294 e. The van der Waals surface area contributed by atoms with Crippen LogP contribution >= 0.6 is 15.9 Å². The molecule has 0 aliphatic carbocycles. The third-order valence-electron chi connectivity index (χ3n) is 2.85. The molecule has 1 N–H and O–H groups in total. The maximum atomic E-state index is 12.3. The fourth-order valence-electron chi connectivity index (χ4n) is 1.81. The van der Waals surface area contributed by atoms with Crippen molar-refractivity contribution in [3.8, 4) is 0 Å². The van der Waals surface area contributed by atoms with Gasteiger partial charge in [-0.05, 0) is 55.0 Å². The molecule has 104 valence electrons. The van der Waals surface area contributed by atoms with Crippen molar-refractivity contribution in [2.24, 2.45) is 0 Å². The van der Waals surface area contributed by atoms with Crippen molar-refractivity contribution in [2.75, 3.05) is 0 Å². The first-order valence-corrected chi connectivity index (χ1v) is 7.91.